The number of hydrogen-bond acceptors (Lipinski definition) is 5. The van der Waals surface area contributed by atoms with Crippen LogP contribution >= 0.6 is 0 Å². The second-order valence-electron chi connectivity index (χ2n) is 6.97. The molecule has 0 atom stereocenters. The molecule has 2 fully saturated rings. The highest BCUT2D eigenvalue weighted by Crippen LogP contribution is 2.16. The van der Waals surface area contributed by atoms with E-state index in [1.165, 1.54) is 6.92 Å². The van der Waals surface area contributed by atoms with Gasteiger partial charge in [-0.05, 0) is 18.2 Å². The molecule has 2 saturated heterocycles. The van der Waals surface area contributed by atoms with Gasteiger partial charge in [0.25, 0.3) is 0 Å². The fourth-order valence-electron chi connectivity index (χ4n) is 3.36. The van der Waals surface area contributed by atoms with Crippen molar-refractivity contribution >= 4 is 23.3 Å². The van der Waals surface area contributed by atoms with Gasteiger partial charge in [-0.3, -0.25) is 14.6 Å². The predicted octanol–water partition coefficient (Wildman–Crippen LogP) is 1.13. The molecule has 8 heteroatoms. The van der Waals surface area contributed by atoms with E-state index in [0.717, 1.165) is 65.6 Å². The van der Waals surface area contributed by atoms with Crippen LogP contribution in [0.5, 0.6) is 0 Å². The molecule has 3 amide bonds. The molecule has 2 aliphatic heterocycles. The summed E-state index contributed by atoms with van der Waals surface area (Å²) in [5.41, 5.74) is 1.36. The van der Waals surface area contributed by atoms with Crippen LogP contribution in [0.2, 0.25) is 0 Å². The van der Waals surface area contributed by atoms with E-state index < -0.39 is 0 Å². The van der Waals surface area contributed by atoms with Crippen molar-refractivity contribution in [2.24, 2.45) is 0 Å². The monoisotopic (exact) mass is 375 g/mol. The molecule has 0 saturated carbocycles. The molecule has 0 aromatic heterocycles. The van der Waals surface area contributed by atoms with Crippen molar-refractivity contribution in [2.75, 3.05) is 76.2 Å². The average Bonchev–Trinajstić information content (AvgIpc) is 2.67. The zero-order chi connectivity index (χ0) is 19.1. The maximum atomic E-state index is 12.5. The Labute approximate surface area is 160 Å². The highest BCUT2D eigenvalue weighted by molar-refractivity contribution is 5.92. The third-order valence-electron chi connectivity index (χ3n) is 4.93. The summed E-state index contributed by atoms with van der Waals surface area (Å²) in [5.74, 6) is -0.133. The molecule has 0 spiro atoms. The van der Waals surface area contributed by atoms with Crippen LogP contribution in [0.1, 0.15) is 6.92 Å². The Bertz CT molecular complexity index is 640. The normalized spacial score (nSPS) is 18.9. The number of morpholine rings is 1. The number of nitrogens with one attached hydrogen (secondary N) is 2. The molecule has 3 rings (SSSR count). The Morgan fingerprint density at radius 2 is 1.52 bits per heavy atom. The summed E-state index contributed by atoms with van der Waals surface area (Å²) in [7, 11) is 0. The van der Waals surface area contributed by atoms with Crippen molar-refractivity contribution in [3.63, 3.8) is 0 Å². The van der Waals surface area contributed by atoms with Crippen LogP contribution in [0.15, 0.2) is 24.3 Å². The summed E-state index contributed by atoms with van der Waals surface area (Å²) in [4.78, 5) is 30.4. The lowest BCUT2D eigenvalue weighted by Gasteiger charge is -2.36. The smallest absolute Gasteiger partial charge is 0.321 e. The zero-order valence-corrected chi connectivity index (χ0v) is 15.9. The number of benzene rings is 1. The van der Waals surface area contributed by atoms with Crippen LogP contribution in [0, 0.1) is 0 Å². The molecule has 1 aromatic rings. The first-order valence-corrected chi connectivity index (χ1v) is 9.56. The molecular formula is C19H29N5O3. The fraction of sp³-hybridized carbons (Fsp3) is 0.579. The van der Waals surface area contributed by atoms with Gasteiger partial charge in [0.2, 0.25) is 5.91 Å². The van der Waals surface area contributed by atoms with Gasteiger partial charge in [-0.1, -0.05) is 6.07 Å². The molecule has 148 valence electrons. The number of carbonyl (C=O) groups is 2. The fourth-order valence-corrected chi connectivity index (χ4v) is 3.36. The maximum Gasteiger partial charge on any atom is 0.321 e. The molecule has 8 nitrogen and oxygen atoms in total. The van der Waals surface area contributed by atoms with Crippen molar-refractivity contribution < 1.29 is 14.3 Å². The number of nitrogens with zero attached hydrogens (tertiary/aromatic N) is 3. The Hall–Kier alpha value is -2.16. The van der Waals surface area contributed by atoms with Crippen LogP contribution < -0.4 is 10.6 Å². The van der Waals surface area contributed by atoms with Gasteiger partial charge in [-0.25, -0.2) is 4.79 Å². The first-order chi connectivity index (χ1) is 13.1. The minimum Gasteiger partial charge on any atom is -0.379 e. The molecule has 27 heavy (non-hydrogen) atoms. The second kappa shape index (κ2) is 9.68. The van der Waals surface area contributed by atoms with E-state index in [4.69, 9.17) is 4.74 Å². The molecule has 0 radical (unpaired) electrons. The lowest BCUT2D eigenvalue weighted by Crippen LogP contribution is -2.51. The first-order valence-electron chi connectivity index (χ1n) is 9.56. The molecule has 2 aliphatic rings. The van der Waals surface area contributed by atoms with Gasteiger partial charge in [0, 0.05) is 70.7 Å². The standard InChI is InChI=1S/C19H29N5O3/c1-16(25)20-17-3-2-4-18(15-17)21-19(26)24-9-7-22(8-10-24)5-6-23-11-13-27-14-12-23/h2-4,15H,5-14H2,1H3,(H,20,25)(H,21,26). The van der Waals surface area contributed by atoms with Crippen LogP contribution in [0.3, 0.4) is 0 Å². The maximum absolute atomic E-state index is 12.5. The molecule has 0 bridgehead atoms. The van der Waals surface area contributed by atoms with E-state index in [2.05, 4.69) is 20.4 Å². The Morgan fingerprint density at radius 3 is 2.15 bits per heavy atom. The van der Waals surface area contributed by atoms with Gasteiger partial charge >= 0.3 is 6.03 Å². The minimum absolute atomic E-state index is 0.0946. The number of rotatable bonds is 5. The van der Waals surface area contributed by atoms with E-state index in [1.807, 2.05) is 17.0 Å². The topological polar surface area (TPSA) is 77.2 Å². The Kier molecular flexibility index (Phi) is 7.03. The Morgan fingerprint density at radius 1 is 0.926 bits per heavy atom. The molecule has 0 aliphatic carbocycles. The number of ether oxygens (including phenoxy) is 1. The van der Waals surface area contributed by atoms with E-state index >= 15 is 0 Å². The van der Waals surface area contributed by atoms with E-state index in [-0.39, 0.29) is 11.9 Å². The van der Waals surface area contributed by atoms with Gasteiger partial charge in [0.05, 0.1) is 13.2 Å². The first kappa shape index (κ1) is 19.6. The van der Waals surface area contributed by atoms with Gasteiger partial charge in [-0.15, -0.1) is 0 Å². The summed E-state index contributed by atoms with van der Waals surface area (Å²) in [6.45, 7) is 10.5. The van der Waals surface area contributed by atoms with Crippen LogP contribution in [-0.4, -0.2) is 92.2 Å². The van der Waals surface area contributed by atoms with E-state index in [9.17, 15) is 9.59 Å². The highest BCUT2D eigenvalue weighted by atomic mass is 16.5. The van der Waals surface area contributed by atoms with Crippen LogP contribution in [0.4, 0.5) is 16.2 Å². The number of anilines is 2. The largest absolute Gasteiger partial charge is 0.379 e. The van der Waals surface area contributed by atoms with Gasteiger partial charge < -0.3 is 20.3 Å². The van der Waals surface area contributed by atoms with Crippen molar-refractivity contribution in [3.05, 3.63) is 24.3 Å². The van der Waals surface area contributed by atoms with Crippen molar-refractivity contribution in [1.82, 2.24) is 14.7 Å². The lowest BCUT2D eigenvalue weighted by atomic mass is 10.2. The van der Waals surface area contributed by atoms with E-state index in [0.29, 0.717) is 11.4 Å². The molecule has 1 aromatic carbocycles. The molecular weight excluding hydrogens is 346 g/mol. The van der Waals surface area contributed by atoms with Gasteiger partial charge in [0.1, 0.15) is 0 Å². The molecule has 0 unspecified atom stereocenters. The number of hydrogen-bond donors (Lipinski definition) is 2. The molecule has 2 heterocycles. The highest BCUT2D eigenvalue weighted by Gasteiger charge is 2.21. The lowest BCUT2D eigenvalue weighted by molar-refractivity contribution is -0.114. The summed E-state index contributed by atoms with van der Waals surface area (Å²) in [5, 5.41) is 5.64. The van der Waals surface area contributed by atoms with E-state index in [1.54, 1.807) is 12.1 Å². The number of amides is 3. The van der Waals surface area contributed by atoms with Crippen LogP contribution in [0.25, 0.3) is 0 Å². The summed E-state index contributed by atoms with van der Waals surface area (Å²) in [6, 6.07) is 7.09. The van der Waals surface area contributed by atoms with Crippen molar-refractivity contribution in [2.45, 2.75) is 6.92 Å². The zero-order valence-electron chi connectivity index (χ0n) is 15.9. The number of carbonyl (C=O) groups excluding carboxylic acids is 2. The predicted molar refractivity (Wildman–Crippen MR) is 105 cm³/mol. The summed E-state index contributed by atoms with van der Waals surface area (Å²) in [6.07, 6.45) is 0. The van der Waals surface area contributed by atoms with Crippen LogP contribution in [-0.2, 0) is 9.53 Å². The molecule has 2 N–H and O–H groups in total. The Balaban J connectivity index is 1.41. The SMILES string of the molecule is CC(=O)Nc1cccc(NC(=O)N2CCN(CCN3CCOCC3)CC2)c1. The van der Waals surface area contributed by atoms with Gasteiger partial charge in [-0.2, -0.15) is 0 Å². The third kappa shape index (κ3) is 6.20. The summed E-state index contributed by atoms with van der Waals surface area (Å²) >= 11 is 0. The number of piperazine rings is 1. The summed E-state index contributed by atoms with van der Waals surface area (Å²) < 4.78 is 5.38. The third-order valence-corrected chi connectivity index (χ3v) is 4.93. The minimum atomic E-state index is -0.133. The average molecular weight is 375 g/mol. The quantitative estimate of drug-likeness (QED) is 0.807. The van der Waals surface area contributed by atoms with Crippen molar-refractivity contribution in [3.8, 4) is 0 Å². The second-order valence-corrected chi connectivity index (χ2v) is 6.97. The van der Waals surface area contributed by atoms with Gasteiger partial charge in [0.15, 0.2) is 0 Å². The number of urea groups is 1. The van der Waals surface area contributed by atoms with Crippen molar-refractivity contribution in [1.29, 1.82) is 0 Å².